The van der Waals surface area contributed by atoms with Gasteiger partial charge in [-0.25, -0.2) is 9.97 Å². The molecule has 0 spiro atoms. The highest BCUT2D eigenvalue weighted by molar-refractivity contribution is 5.79. The number of aliphatic hydroxyl groups excluding tert-OH is 1. The van der Waals surface area contributed by atoms with Gasteiger partial charge in [0.25, 0.3) is 0 Å². The van der Waals surface area contributed by atoms with Crippen LogP contribution < -0.4 is 5.73 Å². The van der Waals surface area contributed by atoms with Crippen LogP contribution in [0, 0.1) is 0 Å². The second kappa shape index (κ2) is 4.64. The number of benzene rings is 1. The van der Waals surface area contributed by atoms with Crippen LogP contribution in [0.2, 0.25) is 0 Å². The molecule has 104 valence electrons. The molecule has 20 heavy (non-hydrogen) atoms. The van der Waals surface area contributed by atoms with Gasteiger partial charge in [0.2, 0.25) is 0 Å². The molecule has 0 aliphatic rings. The average Bonchev–Trinajstić information content (AvgIpc) is 2.95. The first-order valence-electron chi connectivity index (χ1n) is 6.46. The first-order chi connectivity index (χ1) is 9.56. The van der Waals surface area contributed by atoms with E-state index in [4.69, 9.17) is 5.73 Å². The lowest BCUT2D eigenvalue weighted by atomic mass is 10.3. The molecule has 0 fully saturated rings. The number of fused-ring (bicyclic) bond motifs is 1. The largest absolute Gasteiger partial charge is 0.399 e. The molecule has 0 aliphatic carbocycles. The Morgan fingerprint density at radius 3 is 2.85 bits per heavy atom. The summed E-state index contributed by atoms with van der Waals surface area (Å²) < 4.78 is 3.93. The molecule has 1 unspecified atom stereocenters. The number of imidazole rings is 2. The smallest absolute Gasteiger partial charge is 0.138 e. The fourth-order valence-corrected chi connectivity index (χ4v) is 2.34. The third kappa shape index (κ3) is 2.04. The van der Waals surface area contributed by atoms with Gasteiger partial charge >= 0.3 is 0 Å². The quantitative estimate of drug-likeness (QED) is 0.706. The van der Waals surface area contributed by atoms with E-state index in [9.17, 15) is 5.11 Å². The molecule has 0 aliphatic heterocycles. The maximum Gasteiger partial charge on any atom is 0.138 e. The van der Waals surface area contributed by atoms with Crippen molar-refractivity contribution in [3.05, 3.63) is 42.2 Å². The third-order valence-corrected chi connectivity index (χ3v) is 3.40. The first kappa shape index (κ1) is 12.7. The van der Waals surface area contributed by atoms with Crippen molar-refractivity contribution >= 4 is 16.7 Å². The van der Waals surface area contributed by atoms with Crippen LogP contribution in [0.5, 0.6) is 0 Å². The number of nitrogens with two attached hydrogens (primary N) is 1. The van der Waals surface area contributed by atoms with Gasteiger partial charge in [-0.3, -0.25) is 0 Å². The van der Waals surface area contributed by atoms with E-state index < -0.39 is 6.10 Å². The minimum atomic E-state index is -0.649. The van der Waals surface area contributed by atoms with Gasteiger partial charge in [-0.1, -0.05) is 0 Å². The predicted molar refractivity (Wildman–Crippen MR) is 77.1 cm³/mol. The van der Waals surface area contributed by atoms with Crippen LogP contribution in [0.4, 0.5) is 5.69 Å². The maximum absolute atomic E-state index is 9.93. The summed E-state index contributed by atoms with van der Waals surface area (Å²) in [7, 11) is 1.95. The molecule has 3 N–H and O–H groups in total. The predicted octanol–water partition coefficient (Wildman–Crippen LogP) is 1.45. The molecule has 0 amide bonds. The Bertz CT molecular complexity index is 756. The van der Waals surface area contributed by atoms with E-state index in [0.717, 1.165) is 16.9 Å². The summed E-state index contributed by atoms with van der Waals surface area (Å²) in [6, 6.07) is 5.58. The molecule has 6 nitrogen and oxygen atoms in total. The van der Waals surface area contributed by atoms with Crippen LogP contribution in [-0.4, -0.2) is 24.2 Å². The number of aryl methyl sites for hydroxylation is 1. The highest BCUT2D eigenvalue weighted by Crippen LogP contribution is 2.23. The molecule has 0 radical (unpaired) electrons. The van der Waals surface area contributed by atoms with E-state index in [2.05, 4.69) is 9.97 Å². The molecule has 1 aromatic carbocycles. The maximum atomic E-state index is 9.93. The Kier molecular flexibility index (Phi) is 2.94. The summed E-state index contributed by atoms with van der Waals surface area (Å²) in [5, 5.41) is 9.93. The van der Waals surface area contributed by atoms with Crippen LogP contribution in [-0.2, 0) is 13.6 Å². The molecule has 3 aromatic rings. The highest BCUT2D eigenvalue weighted by atomic mass is 16.3. The van der Waals surface area contributed by atoms with Crippen molar-refractivity contribution in [2.75, 3.05) is 5.73 Å². The van der Waals surface area contributed by atoms with Gasteiger partial charge in [-0.2, -0.15) is 0 Å². The second-order valence-electron chi connectivity index (χ2n) is 4.93. The SMILES string of the molecule is CC(O)c1nc2cc(N)ccc2n1Cc1nccn1C. The van der Waals surface area contributed by atoms with Crippen molar-refractivity contribution in [2.45, 2.75) is 19.6 Å². The van der Waals surface area contributed by atoms with E-state index in [1.54, 1.807) is 13.1 Å². The third-order valence-electron chi connectivity index (χ3n) is 3.40. The van der Waals surface area contributed by atoms with Crippen LogP contribution in [0.1, 0.15) is 24.7 Å². The number of hydrogen-bond acceptors (Lipinski definition) is 4. The zero-order chi connectivity index (χ0) is 14.3. The van der Waals surface area contributed by atoms with Gasteiger partial charge in [0.15, 0.2) is 0 Å². The topological polar surface area (TPSA) is 81.9 Å². The van der Waals surface area contributed by atoms with Gasteiger partial charge in [0, 0.05) is 25.1 Å². The van der Waals surface area contributed by atoms with Crippen molar-refractivity contribution in [1.29, 1.82) is 0 Å². The number of aliphatic hydroxyl groups is 1. The van der Waals surface area contributed by atoms with Crippen molar-refractivity contribution in [3.63, 3.8) is 0 Å². The summed E-state index contributed by atoms with van der Waals surface area (Å²) in [6.07, 6.45) is 3.01. The van der Waals surface area contributed by atoms with Crippen LogP contribution in [0.25, 0.3) is 11.0 Å². The molecule has 2 heterocycles. The minimum Gasteiger partial charge on any atom is -0.399 e. The summed E-state index contributed by atoms with van der Waals surface area (Å²) >= 11 is 0. The fourth-order valence-electron chi connectivity index (χ4n) is 2.34. The number of anilines is 1. The van der Waals surface area contributed by atoms with Crippen molar-refractivity contribution in [2.24, 2.45) is 7.05 Å². The van der Waals surface area contributed by atoms with Gasteiger partial charge < -0.3 is 20.0 Å². The molecular formula is C14H17N5O. The fraction of sp³-hybridized carbons (Fsp3) is 0.286. The van der Waals surface area contributed by atoms with Crippen LogP contribution >= 0.6 is 0 Å². The molecule has 2 aromatic heterocycles. The van der Waals surface area contributed by atoms with Gasteiger partial charge in [0.05, 0.1) is 17.6 Å². The Balaban J connectivity index is 2.16. The molecule has 6 heteroatoms. The summed E-state index contributed by atoms with van der Waals surface area (Å²) in [5.74, 6) is 1.52. The van der Waals surface area contributed by atoms with Crippen molar-refractivity contribution < 1.29 is 5.11 Å². The molecule has 3 rings (SSSR count). The summed E-state index contributed by atoms with van der Waals surface area (Å²) in [4.78, 5) is 8.80. The Hall–Kier alpha value is -2.34. The normalized spacial score (nSPS) is 12.9. The number of nitrogens with zero attached hydrogens (tertiary/aromatic N) is 4. The Morgan fingerprint density at radius 1 is 1.40 bits per heavy atom. The summed E-state index contributed by atoms with van der Waals surface area (Å²) in [6.45, 7) is 2.27. The molecular weight excluding hydrogens is 254 g/mol. The van der Waals surface area contributed by atoms with E-state index in [0.29, 0.717) is 18.1 Å². The van der Waals surface area contributed by atoms with Crippen molar-refractivity contribution in [1.82, 2.24) is 19.1 Å². The van der Waals surface area contributed by atoms with E-state index in [1.165, 1.54) is 0 Å². The lowest BCUT2D eigenvalue weighted by molar-refractivity contribution is 0.185. The average molecular weight is 271 g/mol. The zero-order valence-electron chi connectivity index (χ0n) is 11.5. The lowest BCUT2D eigenvalue weighted by Crippen LogP contribution is -2.11. The molecule has 0 bridgehead atoms. The monoisotopic (exact) mass is 271 g/mol. The Morgan fingerprint density at radius 2 is 2.20 bits per heavy atom. The first-order valence-corrected chi connectivity index (χ1v) is 6.46. The minimum absolute atomic E-state index is 0.560. The van der Waals surface area contributed by atoms with Gasteiger partial charge in [-0.05, 0) is 25.1 Å². The lowest BCUT2D eigenvalue weighted by Gasteiger charge is -2.10. The van der Waals surface area contributed by atoms with Crippen LogP contribution in [0.3, 0.4) is 0 Å². The number of aromatic nitrogens is 4. The number of nitrogen functional groups attached to an aromatic ring is 1. The van der Waals surface area contributed by atoms with Crippen molar-refractivity contribution in [3.8, 4) is 0 Å². The zero-order valence-corrected chi connectivity index (χ0v) is 11.5. The standard InChI is InChI=1S/C14H17N5O/c1-9(20)14-17-11-7-10(15)3-4-12(11)19(14)8-13-16-5-6-18(13)2/h3-7,9,20H,8,15H2,1-2H3. The van der Waals surface area contributed by atoms with Gasteiger partial charge in [-0.15, -0.1) is 0 Å². The second-order valence-corrected chi connectivity index (χ2v) is 4.93. The molecule has 0 saturated carbocycles. The van der Waals surface area contributed by atoms with Crippen LogP contribution in [0.15, 0.2) is 30.6 Å². The van der Waals surface area contributed by atoms with E-state index >= 15 is 0 Å². The van der Waals surface area contributed by atoms with E-state index in [1.807, 2.05) is 40.6 Å². The molecule has 1 atom stereocenters. The van der Waals surface area contributed by atoms with E-state index in [-0.39, 0.29) is 0 Å². The highest BCUT2D eigenvalue weighted by Gasteiger charge is 2.16. The molecule has 0 saturated heterocycles. The number of hydrogen-bond donors (Lipinski definition) is 2. The number of rotatable bonds is 3. The Labute approximate surface area is 116 Å². The summed E-state index contributed by atoms with van der Waals surface area (Å²) in [5.41, 5.74) is 8.18. The van der Waals surface area contributed by atoms with Gasteiger partial charge in [0.1, 0.15) is 17.8 Å².